The molecule has 1 aromatic carbocycles. The first kappa shape index (κ1) is 19.4. The zero-order valence-electron chi connectivity index (χ0n) is 15.7. The van der Waals surface area contributed by atoms with Crippen LogP contribution >= 0.6 is 11.8 Å². The topological polar surface area (TPSA) is 94.1 Å². The molecule has 2 heterocycles. The Morgan fingerprint density at radius 1 is 1.30 bits per heavy atom. The van der Waals surface area contributed by atoms with E-state index in [-0.39, 0.29) is 23.5 Å². The van der Waals surface area contributed by atoms with Crippen LogP contribution < -0.4 is 5.73 Å². The fourth-order valence-electron chi connectivity index (χ4n) is 3.36. The van der Waals surface area contributed by atoms with Gasteiger partial charge in [0.25, 0.3) is 0 Å². The number of nitrogens with zero attached hydrogens (tertiary/aromatic N) is 4. The van der Waals surface area contributed by atoms with Gasteiger partial charge in [-0.1, -0.05) is 36.0 Å². The second kappa shape index (κ2) is 8.56. The second-order valence-electron chi connectivity index (χ2n) is 6.74. The van der Waals surface area contributed by atoms with E-state index >= 15 is 0 Å². The standard InChI is InChI=1S/C19H25N5O2S/c1-3-24-18(15-9-5-4-7-13(15)2)21-22-19(24)27-12-16(25)23-10-6-8-14(11-23)17(20)26/h4-5,7,9,14H,3,6,8,10-12H2,1-2H3,(H2,20,26)/t14-/m0/s1. The molecule has 27 heavy (non-hydrogen) atoms. The number of rotatable bonds is 6. The van der Waals surface area contributed by atoms with Crippen LogP contribution in [0.15, 0.2) is 29.4 Å². The van der Waals surface area contributed by atoms with Gasteiger partial charge in [-0.15, -0.1) is 10.2 Å². The maximum atomic E-state index is 12.6. The van der Waals surface area contributed by atoms with Crippen molar-refractivity contribution < 1.29 is 9.59 Å². The number of primary amides is 1. The third kappa shape index (κ3) is 4.32. The summed E-state index contributed by atoms with van der Waals surface area (Å²) in [5.41, 5.74) is 7.58. The number of thioether (sulfide) groups is 1. The monoisotopic (exact) mass is 387 g/mol. The predicted octanol–water partition coefficient (Wildman–Crippen LogP) is 2.09. The van der Waals surface area contributed by atoms with Gasteiger partial charge < -0.3 is 15.2 Å². The van der Waals surface area contributed by atoms with Crippen molar-refractivity contribution in [3.8, 4) is 11.4 Å². The molecule has 0 saturated carbocycles. The van der Waals surface area contributed by atoms with Gasteiger partial charge in [0.1, 0.15) is 0 Å². The van der Waals surface area contributed by atoms with Gasteiger partial charge in [0.05, 0.1) is 11.7 Å². The lowest BCUT2D eigenvalue weighted by molar-refractivity contribution is -0.132. The van der Waals surface area contributed by atoms with Crippen molar-refractivity contribution in [2.75, 3.05) is 18.8 Å². The second-order valence-corrected chi connectivity index (χ2v) is 7.68. The van der Waals surface area contributed by atoms with Crippen molar-refractivity contribution in [1.29, 1.82) is 0 Å². The van der Waals surface area contributed by atoms with Crippen LogP contribution in [0.3, 0.4) is 0 Å². The zero-order valence-corrected chi connectivity index (χ0v) is 16.5. The molecule has 1 saturated heterocycles. The van der Waals surface area contributed by atoms with E-state index in [0.29, 0.717) is 13.1 Å². The van der Waals surface area contributed by atoms with E-state index in [1.165, 1.54) is 11.8 Å². The van der Waals surface area contributed by atoms with Crippen LogP contribution in [0.2, 0.25) is 0 Å². The fourth-order valence-corrected chi connectivity index (χ4v) is 4.26. The van der Waals surface area contributed by atoms with Crippen LogP contribution in [0.5, 0.6) is 0 Å². The molecule has 8 heteroatoms. The number of piperidine rings is 1. The Morgan fingerprint density at radius 2 is 2.07 bits per heavy atom. The molecule has 144 valence electrons. The van der Waals surface area contributed by atoms with E-state index in [2.05, 4.69) is 10.2 Å². The highest BCUT2D eigenvalue weighted by molar-refractivity contribution is 7.99. The van der Waals surface area contributed by atoms with Gasteiger partial charge in [0.15, 0.2) is 11.0 Å². The van der Waals surface area contributed by atoms with Crippen LogP contribution in [0, 0.1) is 12.8 Å². The van der Waals surface area contributed by atoms with Gasteiger partial charge in [-0.05, 0) is 32.3 Å². The van der Waals surface area contributed by atoms with Crippen molar-refractivity contribution in [3.05, 3.63) is 29.8 Å². The summed E-state index contributed by atoms with van der Waals surface area (Å²) >= 11 is 1.39. The number of nitrogens with two attached hydrogens (primary N) is 1. The number of benzene rings is 1. The molecule has 3 rings (SSSR count). The Bertz CT molecular complexity index is 835. The summed E-state index contributed by atoms with van der Waals surface area (Å²) < 4.78 is 2.03. The Balaban J connectivity index is 1.69. The van der Waals surface area contributed by atoms with E-state index in [4.69, 9.17) is 5.73 Å². The molecule has 0 bridgehead atoms. The minimum absolute atomic E-state index is 0.00837. The summed E-state index contributed by atoms with van der Waals surface area (Å²) in [5, 5.41) is 9.37. The van der Waals surface area contributed by atoms with Gasteiger partial charge in [-0.25, -0.2) is 0 Å². The van der Waals surface area contributed by atoms with Crippen molar-refractivity contribution >= 4 is 23.6 Å². The van der Waals surface area contributed by atoms with E-state index in [1.54, 1.807) is 4.90 Å². The zero-order chi connectivity index (χ0) is 19.4. The Labute approximate surface area is 163 Å². The Kier molecular flexibility index (Phi) is 6.15. The first-order valence-corrected chi connectivity index (χ1v) is 10.2. The molecule has 2 amide bonds. The van der Waals surface area contributed by atoms with Crippen molar-refractivity contribution in [1.82, 2.24) is 19.7 Å². The van der Waals surface area contributed by atoms with E-state index in [9.17, 15) is 9.59 Å². The molecular formula is C19H25N5O2S. The summed E-state index contributed by atoms with van der Waals surface area (Å²) in [4.78, 5) is 25.7. The summed E-state index contributed by atoms with van der Waals surface area (Å²) in [6.45, 7) is 5.91. The molecule has 2 aromatic rings. The Morgan fingerprint density at radius 3 is 2.78 bits per heavy atom. The SMILES string of the molecule is CCn1c(SCC(=O)N2CCC[C@H](C(N)=O)C2)nnc1-c1ccccc1C. The van der Waals surface area contributed by atoms with Gasteiger partial charge >= 0.3 is 0 Å². The maximum absolute atomic E-state index is 12.6. The number of amides is 2. The maximum Gasteiger partial charge on any atom is 0.233 e. The number of hydrogen-bond donors (Lipinski definition) is 1. The first-order chi connectivity index (χ1) is 13.0. The average molecular weight is 388 g/mol. The minimum Gasteiger partial charge on any atom is -0.369 e. The molecule has 1 aliphatic heterocycles. The minimum atomic E-state index is -0.325. The summed E-state index contributed by atoms with van der Waals surface area (Å²) in [5.74, 6) is 0.539. The highest BCUT2D eigenvalue weighted by atomic mass is 32.2. The van der Waals surface area contributed by atoms with Gasteiger partial charge in [0, 0.05) is 25.2 Å². The fraction of sp³-hybridized carbons (Fsp3) is 0.474. The van der Waals surface area contributed by atoms with Crippen LogP contribution in [-0.2, 0) is 16.1 Å². The highest BCUT2D eigenvalue weighted by Crippen LogP contribution is 2.26. The smallest absolute Gasteiger partial charge is 0.233 e. The molecule has 0 aliphatic carbocycles. The average Bonchev–Trinajstić information content (AvgIpc) is 3.09. The van der Waals surface area contributed by atoms with Crippen LogP contribution in [0.1, 0.15) is 25.3 Å². The quantitative estimate of drug-likeness (QED) is 0.766. The highest BCUT2D eigenvalue weighted by Gasteiger charge is 2.27. The molecule has 1 atom stereocenters. The van der Waals surface area contributed by atoms with Crippen molar-refractivity contribution in [2.24, 2.45) is 11.7 Å². The molecule has 2 N–H and O–H groups in total. The molecule has 0 spiro atoms. The van der Waals surface area contributed by atoms with Crippen LogP contribution in [-0.4, -0.2) is 50.3 Å². The lowest BCUT2D eigenvalue weighted by Crippen LogP contribution is -2.44. The van der Waals surface area contributed by atoms with Crippen molar-refractivity contribution in [2.45, 2.75) is 38.4 Å². The van der Waals surface area contributed by atoms with E-state index < -0.39 is 0 Å². The summed E-state index contributed by atoms with van der Waals surface area (Å²) in [6, 6.07) is 8.06. The third-order valence-corrected chi connectivity index (χ3v) is 5.87. The summed E-state index contributed by atoms with van der Waals surface area (Å²) in [6.07, 6.45) is 1.57. The molecule has 1 fully saturated rings. The summed E-state index contributed by atoms with van der Waals surface area (Å²) in [7, 11) is 0. The predicted molar refractivity (Wildman–Crippen MR) is 105 cm³/mol. The van der Waals surface area contributed by atoms with E-state index in [0.717, 1.165) is 41.5 Å². The van der Waals surface area contributed by atoms with Gasteiger partial charge in [0.2, 0.25) is 11.8 Å². The lowest BCUT2D eigenvalue weighted by atomic mass is 9.97. The molecule has 0 unspecified atom stereocenters. The number of hydrogen-bond acceptors (Lipinski definition) is 5. The van der Waals surface area contributed by atoms with Crippen LogP contribution in [0.4, 0.5) is 0 Å². The third-order valence-electron chi connectivity index (χ3n) is 4.92. The Hall–Kier alpha value is -2.35. The molecule has 1 aliphatic rings. The normalized spacial score (nSPS) is 17.1. The van der Waals surface area contributed by atoms with Gasteiger partial charge in [-0.2, -0.15) is 0 Å². The molecule has 1 aromatic heterocycles. The van der Waals surface area contributed by atoms with E-state index in [1.807, 2.05) is 42.7 Å². The number of aryl methyl sites for hydroxylation is 1. The molecule has 7 nitrogen and oxygen atoms in total. The van der Waals surface area contributed by atoms with Crippen molar-refractivity contribution in [3.63, 3.8) is 0 Å². The first-order valence-electron chi connectivity index (χ1n) is 9.20. The number of aromatic nitrogens is 3. The lowest BCUT2D eigenvalue weighted by Gasteiger charge is -2.31. The number of carbonyl (C=O) groups excluding carboxylic acids is 2. The molecular weight excluding hydrogens is 362 g/mol. The number of carbonyl (C=O) groups is 2. The number of likely N-dealkylation sites (tertiary alicyclic amines) is 1. The van der Waals surface area contributed by atoms with Gasteiger partial charge in [-0.3, -0.25) is 9.59 Å². The molecule has 0 radical (unpaired) electrons. The van der Waals surface area contributed by atoms with Crippen LogP contribution in [0.25, 0.3) is 11.4 Å². The largest absolute Gasteiger partial charge is 0.369 e.